The number of esters is 1. The van der Waals surface area contributed by atoms with Gasteiger partial charge in [-0.25, -0.2) is 9.78 Å². The molecule has 1 heterocycles. The second-order valence-electron chi connectivity index (χ2n) is 4.93. The molecule has 0 aliphatic heterocycles. The lowest BCUT2D eigenvalue weighted by atomic mass is 10.1. The van der Waals surface area contributed by atoms with E-state index in [1.54, 1.807) is 38.4 Å². The number of benzene rings is 1. The zero-order valence-electron chi connectivity index (χ0n) is 12.5. The molecular weight excluding hydrogens is 339 g/mol. The molecule has 0 fully saturated rings. The average molecular weight is 353 g/mol. The molecule has 0 aliphatic carbocycles. The summed E-state index contributed by atoms with van der Waals surface area (Å²) >= 11 is 11.6. The zero-order valence-corrected chi connectivity index (χ0v) is 14.0. The summed E-state index contributed by atoms with van der Waals surface area (Å²) < 4.78 is 5.37. The Hall–Kier alpha value is -2.11. The molecule has 0 radical (unpaired) electrons. The number of amides is 1. The monoisotopic (exact) mass is 352 g/mol. The molecule has 23 heavy (non-hydrogen) atoms. The fourth-order valence-corrected chi connectivity index (χ4v) is 2.10. The van der Waals surface area contributed by atoms with Gasteiger partial charge in [0.15, 0.2) is 0 Å². The maximum Gasteiger partial charge on any atom is 0.340 e. The number of likely N-dealkylation sites (N-methyl/N-ethyl adjacent to an activating group) is 1. The molecule has 1 aromatic carbocycles. The van der Waals surface area contributed by atoms with E-state index in [1.165, 1.54) is 17.2 Å². The van der Waals surface area contributed by atoms with Gasteiger partial charge in [-0.05, 0) is 6.07 Å². The summed E-state index contributed by atoms with van der Waals surface area (Å²) in [6, 6.07) is 10.1. The largest absolute Gasteiger partial charge is 0.444 e. The van der Waals surface area contributed by atoms with Crippen molar-refractivity contribution in [1.29, 1.82) is 0 Å². The molecule has 1 aromatic heterocycles. The minimum Gasteiger partial charge on any atom is -0.444 e. The summed E-state index contributed by atoms with van der Waals surface area (Å²) in [5, 5.41) is 0.225. The molecule has 0 spiro atoms. The highest BCUT2D eigenvalue weighted by atomic mass is 35.5. The van der Waals surface area contributed by atoms with Gasteiger partial charge >= 0.3 is 5.97 Å². The first-order chi connectivity index (χ1) is 10.9. The van der Waals surface area contributed by atoms with Crippen molar-refractivity contribution in [3.05, 3.63) is 63.9 Å². The molecule has 0 saturated carbocycles. The standard InChI is InChI=1S/C16H14Cl2N2O3/c1-20(2)15(21)13(10-6-4-3-5-7-10)23-16(22)11-8-12(17)14(18)19-9-11/h3-9,13H,1-2H3/t13-/m0/s1. The van der Waals surface area contributed by atoms with Crippen LogP contribution in [0.5, 0.6) is 0 Å². The van der Waals surface area contributed by atoms with Crippen LogP contribution in [0.1, 0.15) is 22.0 Å². The Kier molecular flexibility index (Phi) is 5.58. The summed E-state index contributed by atoms with van der Waals surface area (Å²) in [7, 11) is 3.18. The molecule has 0 bridgehead atoms. The summed E-state index contributed by atoms with van der Waals surface area (Å²) in [5.41, 5.74) is 0.694. The van der Waals surface area contributed by atoms with Gasteiger partial charge < -0.3 is 9.64 Å². The Morgan fingerprint density at radius 3 is 2.39 bits per heavy atom. The fraction of sp³-hybridized carbons (Fsp3) is 0.188. The van der Waals surface area contributed by atoms with Gasteiger partial charge in [0.2, 0.25) is 6.10 Å². The molecule has 0 saturated heterocycles. The lowest BCUT2D eigenvalue weighted by Gasteiger charge is -2.21. The van der Waals surface area contributed by atoms with Crippen LogP contribution in [0.4, 0.5) is 0 Å². The number of nitrogens with zero attached hydrogens (tertiary/aromatic N) is 2. The van der Waals surface area contributed by atoms with Crippen molar-refractivity contribution >= 4 is 35.1 Å². The zero-order chi connectivity index (χ0) is 17.0. The van der Waals surface area contributed by atoms with Crippen molar-refractivity contribution in [2.75, 3.05) is 14.1 Å². The van der Waals surface area contributed by atoms with E-state index < -0.39 is 12.1 Å². The Balaban J connectivity index is 2.28. The van der Waals surface area contributed by atoms with E-state index in [-0.39, 0.29) is 21.6 Å². The Morgan fingerprint density at radius 2 is 1.83 bits per heavy atom. The van der Waals surface area contributed by atoms with E-state index in [0.29, 0.717) is 5.56 Å². The van der Waals surface area contributed by atoms with Crippen molar-refractivity contribution in [2.45, 2.75) is 6.10 Å². The lowest BCUT2D eigenvalue weighted by Crippen LogP contribution is -2.31. The van der Waals surface area contributed by atoms with Crippen molar-refractivity contribution in [2.24, 2.45) is 0 Å². The molecule has 120 valence electrons. The molecule has 2 aromatic rings. The van der Waals surface area contributed by atoms with Crippen molar-refractivity contribution in [3.63, 3.8) is 0 Å². The predicted octanol–water partition coefficient (Wildman–Crippen LogP) is 3.37. The SMILES string of the molecule is CN(C)C(=O)[C@@H](OC(=O)c1cnc(Cl)c(Cl)c1)c1ccccc1. The number of carbonyl (C=O) groups excluding carboxylic acids is 2. The third-order valence-corrected chi connectivity index (χ3v) is 3.71. The third-order valence-electron chi connectivity index (χ3n) is 3.02. The molecule has 1 amide bonds. The number of halogens is 2. The maximum atomic E-state index is 12.3. The van der Waals surface area contributed by atoms with Crippen LogP contribution in [-0.4, -0.2) is 35.9 Å². The number of rotatable bonds is 4. The minimum atomic E-state index is -1.05. The van der Waals surface area contributed by atoms with Crippen LogP contribution in [0.15, 0.2) is 42.6 Å². The number of pyridine rings is 1. The minimum absolute atomic E-state index is 0.0900. The third kappa shape index (κ3) is 4.21. The predicted molar refractivity (Wildman–Crippen MR) is 87.5 cm³/mol. The molecule has 2 rings (SSSR count). The molecule has 0 unspecified atom stereocenters. The van der Waals surface area contributed by atoms with Gasteiger partial charge in [0.05, 0.1) is 10.6 Å². The molecule has 0 aliphatic rings. The molecule has 5 nitrogen and oxygen atoms in total. The maximum absolute atomic E-state index is 12.3. The number of carbonyl (C=O) groups is 2. The van der Waals surface area contributed by atoms with Gasteiger partial charge in [-0.2, -0.15) is 0 Å². The smallest absolute Gasteiger partial charge is 0.340 e. The van der Waals surface area contributed by atoms with Crippen LogP contribution in [0.25, 0.3) is 0 Å². The first-order valence-electron chi connectivity index (χ1n) is 6.68. The highest BCUT2D eigenvalue weighted by molar-refractivity contribution is 6.41. The van der Waals surface area contributed by atoms with Crippen LogP contribution >= 0.6 is 23.2 Å². The number of aromatic nitrogens is 1. The topological polar surface area (TPSA) is 59.5 Å². The van der Waals surface area contributed by atoms with Gasteiger partial charge in [-0.1, -0.05) is 53.5 Å². The second kappa shape index (κ2) is 7.44. The van der Waals surface area contributed by atoms with Gasteiger partial charge in [0.25, 0.3) is 5.91 Å². The van der Waals surface area contributed by atoms with E-state index in [0.717, 1.165) is 0 Å². The number of ether oxygens (including phenoxy) is 1. The summed E-state index contributed by atoms with van der Waals surface area (Å²) in [5.74, 6) is -1.06. The van der Waals surface area contributed by atoms with Crippen molar-refractivity contribution < 1.29 is 14.3 Å². The van der Waals surface area contributed by atoms with Crippen LogP contribution in [0.3, 0.4) is 0 Å². The summed E-state index contributed by atoms with van der Waals surface area (Å²) in [6.07, 6.45) is 0.201. The number of hydrogen-bond acceptors (Lipinski definition) is 4. The van der Waals surface area contributed by atoms with Gasteiger partial charge in [-0.15, -0.1) is 0 Å². The quantitative estimate of drug-likeness (QED) is 0.625. The normalized spacial score (nSPS) is 11.7. The van der Waals surface area contributed by atoms with Crippen molar-refractivity contribution in [1.82, 2.24) is 9.88 Å². The van der Waals surface area contributed by atoms with E-state index in [2.05, 4.69) is 4.98 Å². The van der Waals surface area contributed by atoms with E-state index in [9.17, 15) is 9.59 Å². The molecular formula is C16H14Cl2N2O3. The first kappa shape index (κ1) is 17.2. The van der Waals surface area contributed by atoms with Crippen LogP contribution < -0.4 is 0 Å². The highest BCUT2D eigenvalue weighted by Gasteiger charge is 2.27. The van der Waals surface area contributed by atoms with Gasteiger partial charge in [-0.3, -0.25) is 4.79 Å². The summed E-state index contributed by atoms with van der Waals surface area (Å²) in [6.45, 7) is 0. The van der Waals surface area contributed by atoms with Crippen LogP contribution in [0, 0.1) is 0 Å². The first-order valence-corrected chi connectivity index (χ1v) is 7.44. The molecule has 7 heteroatoms. The van der Waals surface area contributed by atoms with Crippen molar-refractivity contribution in [3.8, 4) is 0 Å². The summed E-state index contributed by atoms with van der Waals surface area (Å²) in [4.78, 5) is 29.8. The number of hydrogen-bond donors (Lipinski definition) is 0. The van der Waals surface area contributed by atoms with Crippen LogP contribution in [-0.2, 0) is 9.53 Å². The van der Waals surface area contributed by atoms with E-state index in [4.69, 9.17) is 27.9 Å². The average Bonchev–Trinajstić information content (AvgIpc) is 2.55. The van der Waals surface area contributed by atoms with Gasteiger partial charge in [0, 0.05) is 25.9 Å². The van der Waals surface area contributed by atoms with Crippen LogP contribution in [0.2, 0.25) is 10.2 Å². The lowest BCUT2D eigenvalue weighted by molar-refractivity contribution is -0.138. The van der Waals surface area contributed by atoms with E-state index >= 15 is 0 Å². The van der Waals surface area contributed by atoms with E-state index in [1.807, 2.05) is 6.07 Å². The van der Waals surface area contributed by atoms with Gasteiger partial charge in [0.1, 0.15) is 5.15 Å². The second-order valence-corrected chi connectivity index (χ2v) is 5.69. The Labute approximate surface area is 143 Å². The highest BCUT2D eigenvalue weighted by Crippen LogP contribution is 2.24. The Bertz CT molecular complexity index is 721. The fourth-order valence-electron chi connectivity index (χ4n) is 1.83. The molecule has 1 atom stereocenters. The molecule has 0 N–H and O–H groups in total. The Morgan fingerprint density at radius 1 is 1.17 bits per heavy atom.